The van der Waals surface area contributed by atoms with E-state index in [2.05, 4.69) is 0 Å². The number of unbranched alkanes of at least 4 members (excludes halogenated alkanes) is 2. The maximum Gasteiger partial charge on any atom is 0.157 e. The molecule has 0 aliphatic carbocycles. The molecule has 1 heterocycles. The van der Waals surface area contributed by atoms with E-state index < -0.39 is 0 Å². The van der Waals surface area contributed by atoms with Gasteiger partial charge < -0.3 is 14.6 Å². The molecule has 0 saturated carbocycles. The predicted octanol–water partition coefficient (Wildman–Crippen LogP) is 1.69. The Labute approximate surface area is 80.0 Å². The Bertz CT molecular complexity index is 119. The van der Waals surface area contributed by atoms with Crippen LogP contribution < -0.4 is 0 Å². The minimum absolute atomic E-state index is 0.0477. The number of rotatable bonds is 6. The van der Waals surface area contributed by atoms with Crippen LogP contribution in [0.2, 0.25) is 0 Å². The smallest absolute Gasteiger partial charge is 0.157 e. The topological polar surface area (TPSA) is 38.7 Å². The fourth-order valence-corrected chi connectivity index (χ4v) is 1.50. The fourth-order valence-electron chi connectivity index (χ4n) is 1.50. The Morgan fingerprint density at radius 2 is 1.92 bits per heavy atom. The molecule has 1 atom stereocenters. The van der Waals surface area contributed by atoms with E-state index in [0.29, 0.717) is 0 Å². The SMILES string of the molecule is C[C@H](O)CCCCCC1OCCO1. The summed E-state index contributed by atoms with van der Waals surface area (Å²) < 4.78 is 10.6. The van der Waals surface area contributed by atoms with Crippen LogP contribution in [-0.2, 0) is 9.47 Å². The molecule has 0 aromatic carbocycles. The first-order valence-corrected chi connectivity index (χ1v) is 5.20. The summed E-state index contributed by atoms with van der Waals surface area (Å²) in [5.74, 6) is 0. The molecule has 0 spiro atoms. The third-order valence-electron chi connectivity index (χ3n) is 2.25. The Hall–Kier alpha value is -0.120. The molecule has 0 aromatic heterocycles. The first-order valence-electron chi connectivity index (χ1n) is 5.20. The number of aliphatic hydroxyl groups excluding tert-OH is 1. The highest BCUT2D eigenvalue weighted by Crippen LogP contribution is 2.13. The summed E-state index contributed by atoms with van der Waals surface area (Å²) in [7, 11) is 0. The monoisotopic (exact) mass is 188 g/mol. The van der Waals surface area contributed by atoms with Gasteiger partial charge in [-0.1, -0.05) is 12.8 Å². The van der Waals surface area contributed by atoms with E-state index >= 15 is 0 Å². The Kier molecular flexibility index (Phi) is 5.35. The summed E-state index contributed by atoms with van der Waals surface area (Å²) in [6.07, 6.45) is 5.20. The minimum atomic E-state index is -0.154. The fraction of sp³-hybridized carbons (Fsp3) is 1.00. The third kappa shape index (κ3) is 5.24. The van der Waals surface area contributed by atoms with Crippen LogP contribution in [0, 0.1) is 0 Å². The summed E-state index contributed by atoms with van der Waals surface area (Å²) in [5, 5.41) is 9.01. The van der Waals surface area contributed by atoms with Gasteiger partial charge in [-0.2, -0.15) is 0 Å². The minimum Gasteiger partial charge on any atom is -0.393 e. The van der Waals surface area contributed by atoms with Gasteiger partial charge in [-0.15, -0.1) is 0 Å². The van der Waals surface area contributed by atoms with Gasteiger partial charge in [0.15, 0.2) is 6.29 Å². The van der Waals surface area contributed by atoms with Crippen LogP contribution in [0.3, 0.4) is 0 Å². The predicted molar refractivity (Wildman–Crippen MR) is 50.5 cm³/mol. The number of hydrogen-bond donors (Lipinski definition) is 1. The standard InChI is InChI=1S/C10H20O3/c1-9(11)5-3-2-4-6-10-12-7-8-13-10/h9-11H,2-8H2,1H3/t9-/m0/s1. The Morgan fingerprint density at radius 3 is 2.54 bits per heavy atom. The van der Waals surface area contributed by atoms with Crippen LogP contribution in [0.4, 0.5) is 0 Å². The lowest BCUT2D eigenvalue weighted by atomic mass is 10.1. The van der Waals surface area contributed by atoms with Crippen molar-refractivity contribution >= 4 is 0 Å². The van der Waals surface area contributed by atoms with E-state index in [0.717, 1.165) is 45.3 Å². The Balaban J connectivity index is 1.83. The van der Waals surface area contributed by atoms with Crippen LogP contribution in [0.5, 0.6) is 0 Å². The summed E-state index contributed by atoms with van der Waals surface area (Å²) in [4.78, 5) is 0. The molecule has 1 rings (SSSR count). The van der Waals surface area contributed by atoms with Crippen molar-refractivity contribution in [1.29, 1.82) is 0 Å². The largest absolute Gasteiger partial charge is 0.393 e. The van der Waals surface area contributed by atoms with Gasteiger partial charge in [0.05, 0.1) is 19.3 Å². The number of hydrogen-bond acceptors (Lipinski definition) is 3. The van der Waals surface area contributed by atoms with E-state index in [9.17, 15) is 0 Å². The molecule has 78 valence electrons. The first kappa shape index (κ1) is 11.0. The second kappa shape index (κ2) is 6.35. The highest BCUT2D eigenvalue weighted by Gasteiger charge is 2.14. The molecule has 0 radical (unpaired) electrons. The molecule has 0 bridgehead atoms. The highest BCUT2D eigenvalue weighted by molar-refractivity contribution is 4.54. The molecule has 1 N–H and O–H groups in total. The molecular weight excluding hydrogens is 168 g/mol. The van der Waals surface area contributed by atoms with Gasteiger partial charge in [0.1, 0.15) is 0 Å². The van der Waals surface area contributed by atoms with Gasteiger partial charge in [0.2, 0.25) is 0 Å². The second-order valence-electron chi connectivity index (χ2n) is 3.66. The highest BCUT2D eigenvalue weighted by atomic mass is 16.7. The van der Waals surface area contributed by atoms with E-state index in [1.807, 2.05) is 6.92 Å². The molecule has 0 aromatic rings. The van der Waals surface area contributed by atoms with Crippen LogP contribution >= 0.6 is 0 Å². The summed E-state index contributed by atoms with van der Waals surface area (Å²) in [6.45, 7) is 3.33. The molecule has 1 fully saturated rings. The van der Waals surface area contributed by atoms with E-state index in [4.69, 9.17) is 14.6 Å². The zero-order valence-electron chi connectivity index (χ0n) is 8.37. The van der Waals surface area contributed by atoms with E-state index in [-0.39, 0.29) is 12.4 Å². The van der Waals surface area contributed by atoms with Gasteiger partial charge in [-0.25, -0.2) is 0 Å². The van der Waals surface area contributed by atoms with Crippen molar-refractivity contribution in [1.82, 2.24) is 0 Å². The first-order chi connectivity index (χ1) is 6.29. The average molecular weight is 188 g/mol. The summed E-state index contributed by atoms with van der Waals surface area (Å²) in [6, 6.07) is 0. The van der Waals surface area contributed by atoms with Crippen LogP contribution in [-0.4, -0.2) is 30.7 Å². The lowest BCUT2D eigenvalue weighted by Crippen LogP contribution is -2.07. The Morgan fingerprint density at radius 1 is 1.23 bits per heavy atom. The van der Waals surface area contributed by atoms with Crippen molar-refractivity contribution in [3.63, 3.8) is 0 Å². The van der Waals surface area contributed by atoms with Gasteiger partial charge in [-0.3, -0.25) is 0 Å². The van der Waals surface area contributed by atoms with Crippen LogP contribution in [0.1, 0.15) is 39.0 Å². The molecular formula is C10H20O3. The lowest BCUT2D eigenvalue weighted by Gasteiger charge is -2.08. The number of ether oxygens (including phenoxy) is 2. The van der Waals surface area contributed by atoms with Crippen molar-refractivity contribution in [3.05, 3.63) is 0 Å². The molecule has 13 heavy (non-hydrogen) atoms. The van der Waals surface area contributed by atoms with Gasteiger partial charge >= 0.3 is 0 Å². The maximum atomic E-state index is 9.01. The van der Waals surface area contributed by atoms with Gasteiger partial charge in [0.25, 0.3) is 0 Å². The summed E-state index contributed by atoms with van der Waals surface area (Å²) >= 11 is 0. The van der Waals surface area contributed by atoms with Crippen LogP contribution in [0.15, 0.2) is 0 Å². The quantitative estimate of drug-likeness (QED) is 0.645. The van der Waals surface area contributed by atoms with Crippen molar-refractivity contribution < 1.29 is 14.6 Å². The second-order valence-corrected chi connectivity index (χ2v) is 3.66. The average Bonchev–Trinajstić information content (AvgIpc) is 2.55. The normalized spacial score (nSPS) is 20.8. The molecule has 0 amide bonds. The van der Waals surface area contributed by atoms with Crippen molar-refractivity contribution in [2.75, 3.05) is 13.2 Å². The van der Waals surface area contributed by atoms with E-state index in [1.165, 1.54) is 0 Å². The zero-order chi connectivity index (χ0) is 9.52. The molecule has 1 aliphatic rings. The van der Waals surface area contributed by atoms with Crippen molar-refractivity contribution in [3.8, 4) is 0 Å². The lowest BCUT2D eigenvalue weighted by molar-refractivity contribution is -0.0480. The third-order valence-corrected chi connectivity index (χ3v) is 2.25. The number of aliphatic hydroxyl groups is 1. The molecule has 1 saturated heterocycles. The maximum absolute atomic E-state index is 9.01. The molecule has 1 aliphatic heterocycles. The van der Waals surface area contributed by atoms with Crippen LogP contribution in [0.25, 0.3) is 0 Å². The zero-order valence-corrected chi connectivity index (χ0v) is 8.37. The molecule has 3 heteroatoms. The van der Waals surface area contributed by atoms with E-state index in [1.54, 1.807) is 0 Å². The van der Waals surface area contributed by atoms with Crippen molar-refractivity contribution in [2.45, 2.75) is 51.4 Å². The molecule has 0 unspecified atom stereocenters. The van der Waals surface area contributed by atoms with Crippen molar-refractivity contribution in [2.24, 2.45) is 0 Å². The molecule has 3 nitrogen and oxygen atoms in total. The summed E-state index contributed by atoms with van der Waals surface area (Å²) in [5.41, 5.74) is 0. The van der Waals surface area contributed by atoms with Gasteiger partial charge in [-0.05, 0) is 26.2 Å². The van der Waals surface area contributed by atoms with Gasteiger partial charge in [0, 0.05) is 0 Å².